The molecule has 0 saturated heterocycles. The fraction of sp³-hybridized carbons (Fsp3) is 0.500. The molecule has 2 aliphatic rings. The van der Waals surface area contributed by atoms with E-state index < -0.39 is 0 Å². The van der Waals surface area contributed by atoms with Gasteiger partial charge in [0.1, 0.15) is 0 Å². The minimum absolute atomic E-state index is 0.0608. The number of nitrogens with zero attached hydrogens (tertiary/aromatic N) is 3. The average Bonchev–Trinajstić information content (AvgIpc) is 3.45. The molecular weight excluding hydrogens is 314 g/mol. The Morgan fingerprint density at radius 1 is 1.08 bits per heavy atom. The Hall–Kier alpha value is -2.14. The highest BCUT2D eigenvalue weighted by Gasteiger charge is 2.28. The van der Waals surface area contributed by atoms with E-state index in [1.807, 2.05) is 29.7 Å². The summed E-state index contributed by atoms with van der Waals surface area (Å²) < 4.78 is 3.31. The van der Waals surface area contributed by atoms with Crippen LogP contribution in [0.1, 0.15) is 36.6 Å². The second kappa shape index (κ2) is 6.64. The van der Waals surface area contributed by atoms with Crippen LogP contribution < -0.4 is 11.2 Å². The predicted octanol–water partition coefficient (Wildman–Crippen LogP) is 2.00. The first kappa shape index (κ1) is 16.3. The summed E-state index contributed by atoms with van der Waals surface area (Å²) in [7, 11) is 0. The lowest BCUT2D eigenvalue weighted by molar-refractivity contribution is 0.236. The third-order valence-electron chi connectivity index (χ3n) is 5.39. The van der Waals surface area contributed by atoms with Gasteiger partial charge in [0.05, 0.1) is 5.56 Å². The number of hydrogen-bond donors (Lipinski definition) is 0. The smallest absolute Gasteiger partial charge is 0.297 e. The number of rotatable bonds is 5. The van der Waals surface area contributed by atoms with Gasteiger partial charge in [0.2, 0.25) is 0 Å². The molecule has 1 aliphatic heterocycles. The molecule has 132 valence electrons. The number of benzene rings is 1. The summed E-state index contributed by atoms with van der Waals surface area (Å²) in [5.74, 6) is 0.512. The van der Waals surface area contributed by atoms with Crippen LogP contribution in [-0.2, 0) is 32.6 Å². The summed E-state index contributed by atoms with van der Waals surface area (Å²) in [6.07, 6.45) is 3.04. The van der Waals surface area contributed by atoms with Crippen molar-refractivity contribution >= 4 is 0 Å². The van der Waals surface area contributed by atoms with Gasteiger partial charge in [-0.2, -0.15) is 0 Å². The summed E-state index contributed by atoms with van der Waals surface area (Å²) in [5.41, 5.74) is 2.86. The first-order valence-electron chi connectivity index (χ1n) is 9.29. The topological polar surface area (TPSA) is 47.2 Å². The lowest BCUT2D eigenvalue weighted by atomic mass is 10.1. The van der Waals surface area contributed by atoms with Crippen LogP contribution in [0.2, 0.25) is 0 Å². The molecule has 5 nitrogen and oxygen atoms in total. The van der Waals surface area contributed by atoms with E-state index in [0.29, 0.717) is 25.6 Å². The van der Waals surface area contributed by atoms with Gasteiger partial charge in [0, 0.05) is 44.8 Å². The molecule has 1 aromatic heterocycles. The van der Waals surface area contributed by atoms with Gasteiger partial charge in [0.15, 0.2) is 0 Å². The maximum absolute atomic E-state index is 13.0. The van der Waals surface area contributed by atoms with E-state index in [4.69, 9.17) is 0 Å². The van der Waals surface area contributed by atoms with Crippen molar-refractivity contribution in [3.05, 3.63) is 68.0 Å². The number of hydrogen-bond acceptors (Lipinski definition) is 3. The molecule has 0 spiro atoms. The van der Waals surface area contributed by atoms with Gasteiger partial charge in [-0.05, 0) is 31.2 Å². The van der Waals surface area contributed by atoms with Crippen molar-refractivity contribution in [3.8, 4) is 0 Å². The number of aromatic nitrogens is 2. The molecule has 1 fully saturated rings. The minimum Gasteiger partial charge on any atom is -0.297 e. The van der Waals surface area contributed by atoms with Crippen LogP contribution in [0.25, 0.3) is 0 Å². The second-order valence-electron chi connectivity index (χ2n) is 7.26. The van der Waals surface area contributed by atoms with Gasteiger partial charge in [0.25, 0.3) is 5.56 Å². The quantitative estimate of drug-likeness (QED) is 0.837. The van der Waals surface area contributed by atoms with Crippen LogP contribution in [0.5, 0.6) is 0 Å². The zero-order valence-corrected chi connectivity index (χ0v) is 14.8. The van der Waals surface area contributed by atoms with Gasteiger partial charge >= 0.3 is 5.69 Å². The molecule has 4 rings (SSSR count). The monoisotopic (exact) mass is 339 g/mol. The molecule has 2 aromatic rings. The zero-order valence-electron chi connectivity index (χ0n) is 14.8. The standard InChI is InChI=1S/C20H25N3O2/c1-2-22-18-10-11-21(12-15-6-4-3-5-7-15)14-17(18)19(24)23(20(22)25)13-16-8-9-16/h3-7,16H,2,8-14H2,1H3. The third kappa shape index (κ3) is 3.21. The zero-order chi connectivity index (χ0) is 17.4. The summed E-state index contributed by atoms with van der Waals surface area (Å²) >= 11 is 0. The summed E-state index contributed by atoms with van der Waals surface area (Å²) in [5, 5.41) is 0. The van der Waals surface area contributed by atoms with Crippen molar-refractivity contribution < 1.29 is 0 Å². The molecule has 2 heterocycles. The van der Waals surface area contributed by atoms with Crippen LogP contribution in [0.15, 0.2) is 39.9 Å². The normalized spacial score (nSPS) is 17.5. The summed E-state index contributed by atoms with van der Waals surface area (Å²) in [6, 6.07) is 10.3. The third-order valence-corrected chi connectivity index (χ3v) is 5.39. The second-order valence-corrected chi connectivity index (χ2v) is 7.26. The van der Waals surface area contributed by atoms with Crippen LogP contribution >= 0.6 is 0 Å². The molecule has 5 heteroatoms. The van der Waals surface area contributed by atoms with Gasteiger partial charge < -0.3 is 0 Å². The molecular formula is C20H25N3O2. The molecule has 25 heavy (non-hydrogen) atoms. The average molecular weight is 339 g/mol. The molecule has 1 aromatic carbocycles. The van der Waals surface area contributed by atoms with Gasteiger partial charge in [-0.15, -0.1) is 0 Å². The first-order chi connectivity index (χ1) is 12.2. The van der Waals surface area contributed by atoms with E-state index in [0.717, 1.165) is 43.6 Å². The molecule has 0 radical (unpaired) electrons. The van der Waals surface area contributed by atoms with Crippen molar-refractivity contribution in [2.75, 3.05) is 6.54 Å². The molecule has 0 atom stereocenters. The molecule has 0 bridgehead atoms. The Kier molecular flexibility index (Phi) is 4.34. The molecule has 0 N–H and O–H groups in total. The lowest BCUT2D eigenvalue weighted by Crippen LogP contribution is -2.47. The molecule has 1 saturated carbocycles. The Morgan fingerprint density at radius 3 is 2.52 bits per heavy atom. The maximum Gasteiger partial charge on any atom is 0.331 e. The first-order valence-corrected chi connectivity index (χ1v) is 9.29. The van der Waals surface area contributed by atoms with Gasteiger partial charge in [-0.3, -0.25) is 18.8 Å². The van der Waals surface area contributed by atoms with Crippen molar-refractivity contribution in [1.29, 1.82) is 0 Å². The Balaban J connectivity index is 1.68. The van der Waals surface area contributed by atoms with Crippen LogP contribution in [-0.4, -0.2) is 20.6 Å². The largest absolute Gasteiger partial charge is 0.331 e. The van der Waals surface area contributed by atoms with Crippen molar-refractivity contribution in [3.63, 3.8) is 0 Å². The van der Waals surface area contributed by atoms with E-state index in [1.165, 1.54) is 10.1 Å². The summed E-state index contributed by atoms with van der Waals surface area (Å²) in [6.45, 7) is 5.56. The summed E-state index contributed by atoms with van der Waals surface area (Å²) in [4.78, 5) is 28.0. The van der Waals surface area contributed by atoms with Gasteiger partial charge in [-0.25, -0.2) is 4.79 Å². The minimum atomic E-state index is -0.116. The highest BCUT2D eigenvalue weighted by molar-refractivity contribution is 5.23. The SMILES string of the molecule is CCn1c2c(c(=O)n(CC3CC3)c1=O)CN(Cc1ccccc1)CC2. The molecule has 1 aliphatic carbocycles. The van der Waals surface area contributed by atoms with E-state index in [-0.39, 0.29) is 11.2 Å². The van der Waals surface area contributed by atoms with Gasteiger partial charge in [-0.1, -0.05) is 30.3 Å². The Morgan fingerprint density at radius 2 is 1.84 bits per heavy atom. The van der Waals surface area contributed by atoms with Crippen LogP contribution in [0.3, 0.4) is 0 Å². The highest BCUT2D eigenvalue weighted by atomic mass is 16.2. The maximum atomic E-state index is 13.0. The Bertz CT molecular complexity index is 878. The lowest BCUT2D eigenvalue weighted by Gasteiger charge is -2.30. The van der Waals surface area contributed by atoms with E-state index in [9.17, 15) is 9.59 Å². The van der Waals surface area contributed by atoms with Crippen molar-refractivity contribution in [2.24, 2.45) is 5.92 Å². The molecule has 0 amide bonds. The van der Waals surface area contributed by atoms with Crippen LogP contribution in [0.4, 0.5) is 0 Å². The van der Waals surface area contributed by atoms with Crippen LogP contribution in [0, 0.1) is 5.92 Å². The van der Waals surface area contributed by atoms with E-state index in [2.05, 4.69) is 17.0 Å². The number of fused-ring (bicyclic) bond motifs is 1. The molecule has 0 unspecified atom stereocenters. The highest BCUT2D eigenvalue weighted by Crippen LogP contribution is 2.29. The fourth-order valence-electron chi connectivity index (χ4n) is 3.83. The fourth-order valence-corrected chi connectivity index (χ4v) is 3.83. The van der Waals surface area contributed by atoms with Crippen molar-refractivity contribution in [1.82, 2.24) is 14.0 Å². The van der Waals surface area contributed by atoms with Crippen molar-refractivity contribution in [2.45, 2.75) is 52.4 Å². The Labute approximate surface area is 147 Å². The van der Waals surface area contributed by atoms with E-state index in [1.54, 1.807) is 0 Å². The van der Waals surface area contributed by atoms with E-state index >= 15 is 0 Å². The predicted molar refractivity (Wildman–Crippen MR) is 97.6 cm³/mol.